The van der Waals surface area contributed by atoms with Gasteiger partial charge in [0, 0.05) is 12.1 Å². The summed E-state index contributed by atoms with van der Waals surface area (Å²) in [5.74, 6) is 0.851. The molecule has 106 valence electrons. The molecule has 6 nitrogen and oxygen atoms in total. The van der Waals surface area contributed by atoms with Gasteiger partial charge in [-0.3, -0.25) is 4.79 Å². The van der Waals surface area contributed by atoms with Gasteiger partial charge in [-0.2, -0.15) is 13.8 Å². The van der Waals surface area contributed by atoms with Gasteiger partial charge < -0.3 is 5.32 Å². The Morgan fingerprint density at radius 3 is 2.80 bits per heavy atom. The number of nitrogens with one attached hydrogen (secondary N) is 1. The highest BCUT2D eigenvalue weighted by Gasteiger charge is 2.24. The van der Waals surface area contributed by atoms with Crippen LogP contribution in [-0.4, -0.2) is 24.6 Å². The largest absolute Gasteiger partial charge is 0.365 e. The SMILES string of the molecule is Cc1ccc(=O)n(C2CCC(Nc3cnsn3)CC2)n1. The maximum absolute atomic E-state index is 11.9. The van der Waals surface area contributed by atoms with Gasteiger partial charge in [0.15, 0.2) is 5.82 Å². The molecule has 1 aliphatic rings. The molecule has 0 spiro atoms. The topological polar surface area (TPSA) is 72.7 Å². The summed E-state index contributed by atoms with van der Waals surface area (Å²) < 4.78 is 9.80. The summed E-state index contributed by atoms with van der Waals surface area (Å²) in [6.07, 6.45) is 5.72. The van der Waals surface area contributed by atoms with Gasteiger partial charge >= 0.3 is 0 Å². The Bertz CT molecular complexity index is 616. The first kappa shape index (κ1) is 13.2. The lowest BCUT2D eigenvalue weighted by Gasteiger charge is -2.29. The van der Waals surface area contributed by atoms with E-state index in [1.54, 1.807) is 23.0 Å². The standard InChI is InChI=1S/C13H17N5OS/c1-9-2-7-13(19)18(16-9)11-5-3-10(4-6-11)15-12-8-14-20-17-12/h2,7-8,10-11H,3-6H2,1H3,(H,15,17). The quantitative estimate of drug-likeness (QED) is 0.936. The van der Waals surface area contributed by atoms with Crippen LogP contribution in [0.15, 0.2) is 23.1 Å². The van der Waals surface area contributed by atoms with Gasteiger partial charge in [0.2, 0.25) is 0 Å². The van der Waals surface area contributed by atoms with E-state index in [1.165, 1.54) is 11.7 Å². The summed E-state index contributed by atoms with van der Waals surface area (Å²) in [5.41, 5.74) is 0.883. The van der Waals surface area contributed by atoms with Crippen molar-refractivity contribution in [1.82, 2.24) is 18.5 Å². The molecule has 1 fully saturated rings. The van der Waals surface area contributed by atoms with Gasteiger partial charge in [0.05, 0.1) is 29.7 Å². The molecule has 3 rings (SSSR count). The second kappa shape index (κ2) is 5.70. The third-order valence-corrected chi connectivity index (χ3v) is 4.19. The molecule has 1 saturated carbocycles. The molecule has 2 heterocycles. The first-order valence-corrected chi connectivity index (χ1v) is 7.56. The van der Waals surface area contributed by atoms with Crippen molar-refractivity contribution in [2.24, 2.45) is 0 Å². The molecule has 0 radical (unpaired) electrons. The van der Waals surface area contributed by atoms with E-state index >= 15 is 0 Å². The summed E-state index contributed by atoms with van der Waals surface area (Å²) in [6, 6.07) is 4.00. The molecule has 0 saturated heterocycles. The number of rotatable bonds is 3. The molecular weight excluding hydrogens is 274 g/mol. The Hall–Kier alpha value is -1.76. The molecule has 0 unspecified atom stereocenters. The Balaban J connectivity index is 1.63. The van der Waals surface area contributed by atoms with Crippen LogP contribution in [0.2, 0.25) is 0 Å². The van der Waals surface area contributed by atoms with Gasteiger partial charge in [-0.15, -0.1) is 0 Å². The number of anilines is 1. The van der Waals surface area contributed by atoms with Crippen LogP contribution in [0.25, 0.3) is 0 Å². The van der Waals surface area contributed by atoms with E-state index in [0.717, 1.165) is 37.2 Å². The molecule has 0 atom stereocenters. The molecule has 0 aliphatic heterocycles. The summed E-state index contributed by atoms with van der Waals surface area (Å²) in [6.45, 7) is 1.92. The van der Waals surface area contributed by atoms with E-state index in [1.807, 2.05) is 6.92 Å². The van der Waals surface area contributed by atoms with Crippen molar-refractivity contribution >= 4 is 17.5 Å². The molecule has 2 aromatic heterocycles. The summed E-state index contributed by atoms with van der Waals surface area (Å²) in [7, 11) is 0. The average molecular weight is 291 g/mol. The molecule has 20 heavy (non-hydrogen) atoms. The van der Waals surface area contributed by atoms with Crippen molar-refractivity contribution < 1.29 is 0 Å². The van der Waals surface area contributed by atoms with Crippen molar-refractivity contribution in [3.05, 3.63) is 34.4 Å². The van der Waals surface area contributed by atoms with E-state index in [9.17, 15) is 4.79 Å². The molecule has 7 heteroatoms. The van der Waals surface area contributed by atoms with E-state index in [0.29, 0.717) is 6.04 Å². The lowest BCUT2D eigenvalue weighted by Crippen LogP contribution is -2.33. The number of hydrogen-bond donors (Lipinski definition) is 1. The monoisotopic (exact) mass is 291 g/mol. The molecule has 0 bridgehead atoms. The second-order valence-corrected chi connectivity index (χ2v) is 5.76. The summed E-state index contributed by atoms with van der Waals surface area (Å²) in [5, 5.41) is 7.75. The van der Waals surface area contributed by atoms with Crippen LogP contribution < -0.4 is 10.9 Å². The first-order valence-electron chi connectivity index (χ1n) is 6.83. The fourth-order valence-electron chi connectivity index (χ4n) is 2.68. The van der Waals surface area contributed by atoms with Crippen molar-refractivity contribution in [3.63, 3.8) is 0 Å². The molecular formula is C13H17N5OS. The zero-order valence-electron chi connectivity index (χ0n) is 11.3. The van der Waals surface area contributed by atoms with Crippen molar-refractivity contribution in [3.8, 4) is 0 Å². The van der Waals surface area contributed by atoms with Crippen LogP contribution in [0, 0.1) is 6.92 Å². The smallest absolute Gasteiger partial charge is 0.267 e. The molecule has 1 N–H and O–H groups in total. The van der Waals surface area contributed by atoms with E-state index in [4.69, 9.17) is 0 Å². The van der Waals surface area contributed by atoms with Gasteiger partial charge in [0.1, 0.15) is 0 Å². The normalized spacial score (nSPS) is 22.6. The van der Waals surface area contributed by atoms with Gasteiger partial charge in [-0.1, -0.05) is 0 Å². The Morgan fingerprint density at radius 2 is 2.10 bits per heavy atom. The van der Waals surface area contributed by atoms with Crippen LogP contribution in [-0.2, 0) is 0 Å². The fraction of sp³-hybridized carbons (Fsp3) is 0.538. The highest BCUT2D eigenvalue weighted by atomic mass is 32.1. The molecule has 1 aliphatic carbocycles. The van der Waals surface area contributed by atoms with Crippen molar-refractivity contribution in [2.45, 2.75) is 44.7 Å². The number of aryl methyl sites for hydroxylation is 1. The maximum Gasteiger partial charge on any atom is 0.267 e. The van der Waals surface area contributed by atoms with Crippen LogP contribution in [0.3, 0.4) is 0 Å². The van der Waals surface area contributed by atoms with E-state index < -0.39 is 0 Å². The number of hydrogen-bond acceptors (Lipinski definition) is 6. The number of nitrogens with zero attached hydrogens (tertiary/aromatic N) is 4. The van der Waals surface area contributed by atoms with Gasteiger partial charge in [0.25, 0.3) is 5.56 Å². The lowest BCUT2D eigenvalue weighted by molar-refractivity contribution is 0.302. The van der Waals surface area contributed by atoms with Crippen molar-refractivity contribution in [2.75, 3.05) is 5.32 Å². The van der Waals surface area contributed by atoms with Gasteiger partial charge in [-0.25, -0.2) is 4.68 Å². The number of aromatic nitrogens is 4. The van der Waals surface area contributed by atoms with E-state index in [2.05, 4.69) is 19.2 Å². The minimum atomic E-state index is -0.00397. The Morgan fingerprint density at radius 1 is 1.30 bits per heavy atom. The lowest BCUT2D eigenvalue weighted by atomic mass is 9.91. The summed E-state index contributed by atoms with van der Waals surface area (Å²) in [4.78, 5) is 11.9. The molecule has 2 aromatic rings. The predicted molar refractivity (Wildman–Crippen MR) is 78.1 cm³/mol. The zero-order valence-corrected chi connectivity index (χ0v) is 12.1. The van der Waals surface area contributed by atoms with Crippen LogP contribution >= 0.6 is 11.7 Å². The Labute approximate surface area is 121 Å². The highest BCUT2D eigenvalue weighted by Crippen LogP contribution is 2.28. The minimum Gasteiger partial charge on any atom is -0.365 e. The maximum atomic E-state index is 11.9. The molecule has 0 amide bonds. The second-order valence-electron chi connectivity index (χ2n) is 5.20. The third kappa shape index (κ3) is 2.87. The zero-order chi connectivity index (χ0) is 13.9. The minimum absolute atomic E-state index is 0.00397. The average Bonchev–Trinajstić information content (AvgIpc) is 2.95. The fourth-order valence-corrected chi connectivity index (χ4v) is 3.07. The van der Waals surface area contributed by atoms with Crippen LogP contribution in [0.5, 0.6) is 0 Å². The van der Waals surface area contributed by atoms with E-state index in [-0.39, 0.29) is 11.6 Å². The highest BCUT2D eigenvalue weighted by molar-refractivity contribution is 6.99. The predicted octanol–water partition coefficient (Wildman–Crippen LogP) is 2.00. The van der Waals surface area contributed by atoms with Gasteiger partial charge in [-0.05, 0) is 38.7 Å². The molecule has 0 aromatic carbocycles. The van der Waals surface area contributed by atoms with Crippen LogP contribution in [0.1, 0.15) is 37.4 Å². The Kier molecular flexibility index (Phi) is 3.77. The van der Waals surface area contributed by atoms with Crippen molar-refractivity contribution in [1.29, 1.82) is 0 Å². The van der Waals surface area contributed by atoms with Crippen LogP contribution in [0.4, 0.5) is 5.82 Å². The summed E-state index contributed by atoms with van der Waals surface area (Å²) >= 11 is 1.21. The third-order valence-electron chi connectivity index (χ3n) is 3.71. The first-order chi connectivity index (χ1) is 9.72.